The molecular formula is C14H20N4O2. The Hall–Kier alpha value is -1.66. The Kier molecular flexibility index (Phi) is 3.14. The molecule has 0 radical (unpaired) electrons. The van der Waals surface area contributed by atoms with E-state index in [1.807, 2.05) is 6.07 Å². The average molecular weight is 276 g/mol. The number of nitrogens with one attached hydrogen (secondary N) is 1. The fourth-order valence-corrected chi connectivity index (χ4v) is 3.64. The SMILES string of the molecule is CN1CC2(CC(Nc3ccc(CN)cc3[N+](=O)[O-])C2)C1. The van der Waals surface area contributed by atoms with Crippen molar-refractivity contribution >= 4 is 11.4 Å². The molecule has 2 fully saturated rings. The molecule has 0 amide bonds. The molecule has 2 aliphatic rings. The summed E-state index contributed by atoms with van der Waals surface area (Å²) in [6, 6.07) is 5.54. The number of nitrogens with zero attached hydrogens (tertiary/aromatic N) is 2. The van der Waals surface area contributed by atoms with Crippen LogP contribution in [-0.4, -0.2) is 36.0 Å². The van der Waals surface area contributed by atoms with Crippen molar-refractivity contribution < 1.29 is 4.92 Å². The fraction of sp³-hybridized carbons (Fsp3) is 0.571. The second-order valence-electron chi connectivity index (χ2n) is 6.23. The lowest BCUT2D eigenvalue weighted by Gasteiger charge is -2.58. The van der Waals surface area contributed by atoms with Crippen LogP contribution < -0.4 is 11.1 Å². The van der Waals surface area contributed by atoms with Gasteiger partial charge in [0, 0.05) is 31.7 Å². The van der Waals surface area contributed by atoms with Crippen molar-refractivity contribution in [3.8, 4) is 0 Å². The van der Waals surface area contributed by atoms with Crippen molar-refractivity contribution in [1.82, 2.24) is 4.90 Å². The topological polar surface area (TPSA) is 84.4 Å². The summed E-state index contributed by atoms with van der Waals surface area (Å²) in [4.78, 5) is 13.1. The molecule has 1 aromatic carbocycles. The molecule has 0 aromatic heterocycles. The van der Waals surface area contributed by atoms with E-state index < -0.39 is 0 Å². The van der Waals surface area contributed by atoms with Crippen LogP contribution in [0.2, 0.25) is 0 Å². The van der Waals surface area contributed by atoms with E-state index in [1.54, 1.807) is 12.1 Å². The monoisotopic (exact) mass is 276 g/mol. The van der Waals surface area contributed by atoms with Gasteiger partial charge in [0.2, 0.25) is 0 Å². The Balaban J connectivity index is 1.67. The van der Waals surface area contributed by atoms with E-state index in [4.69, 9.17) is 5.73 Å². The molecule has 6 heteroatoms. The van der Waals surface area contributed by atoms with Crippen LogP contribution in [0.25, 0.3) is 0 Å². The summed E-state index contributed by atoms with van der Waals surface area (Å²) in [5.74, 6) is 0. The highest BCUT2D eigenvalue weighted by Crippen LogP contribution is 2.49. The van der Waals surface area contributed by atoms with Crippen LogP contribution in [0.5, 0.6) is 0 Å². The lowest BCUT2D eigenvalue weighted by Crippen LogP contribution is -2.63. The summed E-state index contributed by atoms with van der Waals surface area (Å²) in [5, 5.41) is 14.5. The van der Waals surface area contributed by atoms with Crippen LogP contribution >= 0.6 is 0 Å². The second kappa shape index (κ2) is 4.71. The van der Waals surface area contributed by atoms with E-state index >= 15 is 0 Å². The lowest BCUT2D eigenvalue weighted by atomic mass is 9.61. The van der Waals surface area contributed by atoms with Gasteiger partial charge in [-0.1, -0.05) is 6.07 Å². The molecule has 3 rings (SSSR count). The maximum absolute atomic E-state index is 11.1. The average Bonchev–Trinajstić information content (AvgIpc) is 2.34. The van der Waals surface area contributed by atoms with Crippen LogP contribution in [0.3, 0.4) is 0 Å². The lowest BCUT2D eigenvalue weighted by molar-refractivity contribution is -0.384. The number of hydrogen-bond acceptors (Lipinski definition) is 5. The zero-order valence-electron chi connectivity index (χ0n) is 11.6. The van der Waals surface area contributed by atoms with E-state index in [0.29, 0.717) is 23.7 Å². The fourth-order valence-electron chi connectivity index (χ4n) is 3.64. The van der Waals surface area contributed by atoms with Crippen molar-refractivity contribution in [2.24, 2.45) is 11.1 Å². The number of anilines is 1. The van der Waals surface area contributed by atoms with Crippen LogP contribution in [0.15, 0.2) is 18.2 Å². The van der Waals surface area contributed by atoms with Crippen molar-refractivity contribution in [2.45, 2.75) is 25.4 Å². The largest absolute Gasteiger partial charge is 0.377 e. The van der Waals surface area contributed by atoms with Crippen molar-refractivity contribution in [3.63, 3.8) is 0 Å². The summed E-state index contributed by atoms with van der Waals surface area (Å²) >= 11 is 0. The third kappa shape index (κ3) is 2.25. The predicted octanol–water partition coefficient (Wildman–Crippen LogP) is 1.56. The van der Waals surface area contributed by atoms with Crippen LogP contribution in [0.1, 0.15) is 18.4 Å². The number of benzene rings is 1. The zero-order valence-corrected chi connectivity index (χ0v) is 11.6. The Morgan fingerprint density at radius 1 is 1.50 bits per heavy atom. The number of likely N-dealkylation sites (tertiary alicyclic amines) is 1. The van der Waals surface area contributed by atoms with Gasteiger partial charge in [0.15, 0.2) is 0 Å². The molecule has 1 heterocycles. The van der Waals surface area contributed by atoms with Gasteiger partial charge in [0.25, 0.3) is 5.69 Å². The van der Waals surface area contributed by atoms with Gasteiger partial charge in [-0.05, 0) is 36.9 Å². The van der Waals surface area contributed by atoms with Gasteiger partial charge >= 0.3 is 0 Å². The zero-order chi connectivity index (χ0) is 14.3. The molecule has 1 aromatic rings. The number of nitrogens with two attached hydrogens (primary N) is 1. The molecule has 1 aliphatic heterocycles. The maximum Gasteiger partial charge on any atom is 0.292 e. The highest BCUT2D eigenvalue weighted by molar-refractivity contribution is 5.63. The molecule has 3 N–H and O–H groups in total. The number of rotatable bonds is 4. The van der Waals surface area contributed by atoms with Crippen molar-refractivity contribution in [3.05, 3.63) is 33.9 Å². The molecule has 1 spiro atoms. The van der Waals surface area contributed by atoms with E-state index in [2.05, 4.69) is 17.3 Å². The Morgan fingerprint density at radius 3 is 2.75 bits per heavy atom. The summed E-state index contributed by atoms with van der Waals surface area (Å²) in [6.45, 7) is 2.62. The van der Waals surface area contributed by atoms with E-state index in [0.717, 1.165) is 31.5 Å². The molecule has 0 atom stereocenters. The first-order valence-electron chi connectivity index (χ1n) is 6.94. The maximum atomic E-state index is 11.1. The van der Waals surface area contributed by atoms with Gasteiger partial charge in [0.1, 0.15) is 5.69 Å². The van der Waals surface area contributed by atoms with E-state index in [9.17, 15) is 10.1 Å². The molecule has 0 unspecified atom stereocenters. The molecule has 1 saturated carbocycles. The number of nitro benzene ring substituents is 1. The van der Waals surface area contributed by atoms with Gasteiger partial charge in [-0.2, -0.15) is 0 Å². The number of hydrogen-bond donors (Lipinski definition) is 2. The molecular weight excluding hydrogens is 256 g/mol. The normalized spacial score (nSPS) is 21.3. The first-order valence-corrected chi connectivity index (χ1v) is 6.94. The van der Waals surface area contributed by atoms with Gasteiger partial charge in [-0.25, -0.2) is 0 Å². The predicted molar refractivity (Wildman–Crippen MR) is 77.6 cm³/mol. The minimum atomic E-state index is -0.340. The minimum Gasteiger partial charge on any atom is -0.377 e. The summed E-state index contributed by atoms with van der Waals surface area (Å²) in [5.41, 5.74) is 7.53. The molecule has 1 saturated heterocycles. The van der Waals surface area contributed by atoms with Gasteiger partial charge in [0.05, 0.1) is 4.92 Å². The molecule has 20 heavy (non-hydrogen) atoms. The highest BCUT2D eigenvalue weighted by atomic mass is 16.6. The summed E-state index contributed by atoms with van der Waals surface area (Å²) < 4.78 is 0. The smallest absolute Gasteiger partial charge is 0.292 e. The van der Waals surface area contributed by atoms with Gasteiger partial charge in [-0.3, -0.25) is 10.1 Å². The Labute approximate surface area is 118 Å². The van der Waals surface area contributed by atoms with Crippen LogP contribution in [-0.2, 0) is 6.54 Å². The second-order valence-corrected chi connectivity index (χ2v) is 6.23. The van der Waals surface area contributed by atoms with Crippen molar-refractivity contribution in [1.29, 1.82) is 0 Å². The Morgan fingerprint density at radius 2 is 2.20 bits per heavy atom. The van der Waals surface area contributed by atoms with E-state index in [-0.39, 0.29) is 10.6 Å². The number of nitro groups is 1. The first-order chi connectivity index (χ1) is 9.51. The van der Waals surface area contributed by atoms with E-state index in [1.165, 1.54) is 0 Å². The molecule has 108 valence electrons. The quantitative estimate of drug-likeness (QED) is 0.644. The third-order valence-corrected chi connectivity index (χ3v) is 4.42. The molecule has 0 bridgehead atoms. The summed E-state index contributed by atoms with van der Waals surface area (Å²) in [7, 11) is 2.13. The molecule has 6 nitrogen and oxygen atoms in total. The standard InChI is InChI=1S/C14H20N4O2/c1-17-8-14(9-17)5-11(6-14)16-12-3-2-10(7-15)4-13(12)18(19)20/h2-4,11,16H,5-9,15H2,1H3. The van der Waals surface area contributed by atoms with Gasteiger partial charge in [-0.15, -0.1) is 0 Å². The van der Waals surface area contributed by atoms with Crippen molar-refractivity contribution in [2.75, 3.05) is 25.5 Å². The third-order valence-electron chi connectivity index (χ3n) is 4.42. The van der Waals surface area contributed by atoms with Crippen LogP contribution in [0, 0.1) is 15.5 Å². The van der Waals surface area contributed by atoms with Crippen LogP contribution in [0.4, 0.5) is 11.4 Å². The van der Waals surface area contributed by atoms with Gasteiger partial charge < -0.3 is 16.0 Å². The summed E-state index contributed by atoms with van der Waals surface area (Å²) in [6.07, 6.45) is 2.21. The highest BCUT2D eigenvalue weighted by Gasteiger charge is 2.51. The first kappa shape index (κ1) is 13.3. The minimum absolute atomic E-state index is 0.125. The Bertz CT molecular complexity index is 532. The molecule has 1 aliphatic carbocycles.